The zero-order valence-electron chi connectivity index (χ0n) is 12.7. The van der Waals surface area contributed by atoms with Crippen molar-refractivity contribution in [1.29, 1.82) is 0 Å². The van der Waals surface area contributed by atoms with Gasteiger partial charge in [0.25, 0.3) is 0 Å². The summed E-state index contributed by atoms with van der Waals surface area (Å²) in [4.78, 5) is 12.1. The first-order valence-electron chi connectivity index (χ1n) is 7.94. The van der Waals surface area contributed by atoms with Gasteiger partial charge in [-0.3, -0.25) is 0 Å². The van der Waals surface area contributed by atoms with Gasteiger partial charge in [0.2, 0.25) is 0 Å². The molecular formula is C19H22N2O. The minimum absolute atomic E-state index is 0.0113. The third kappa shape index (κ3) is 4.35. The van der Waals surface area contributed by atoms with Gasteiger partial charge < -0.3 is 10.6 Å². The Labute approximate surface area is 131 Å². The van der Waals surface area contributed by atoms with Crippen molar-refractivity contribution in [1.82, 2.24) is 10.6 Å². The van der Waals surface area contributed by atoms with E-state index in [2.05, 4.69) is 34.9 Å². The lowest BCUT2D eigenvalue weighted by atomic mass is 9.99. The van der Waals surface area contributed by atoms with Crippen LogP contribution in [0.3, 0.4) is 0 Å². The van der Waals surface area contributed by atoms with E-state index in [4.69, 9.17) is 0 Å². The Morgan fingerprint density at radius 1 is 1.00 bits per heavy atom. The minimum atomic E-state index is -0.0725. The molecule has 3 rings (SSSR count). The van der Waals surface area contributed by atoms with E-state index in [-0.39, 0.29) is 12.1 Å². The second-order valence-electron chi connectivity index (χ2n) is 5.95. The Bertz CT molecular complexity index is 593. The molecule has 2 aromatic carbocycles. The van der Waals surface area contributed by atoms with Crippen molar-refractivity contribution in [2.45, 2.75) is 25.3 Å². The topological polar surface area (TPSA) is 41.1 Å². The van der Waals surface area contributed by atoms with Gasteiger partial charge in [-0.05, 0) is 36.3 Å². The lowest BCUT2D eigenvalue weighted by Crippen LogP contribution is -2.39. The standard InChI is InChI=1S/C19H22N2O/c22-19(20-14-16-11-12-16)21-18(17-9-5-2-6-10-17)13-15-7-3-1-4-8-15/h1-10,16,18H,11-14H2,(H2,20,21,22)/t18-/m1/s1. The fraction of sp³-hybridized carbons (Fsp3) is 0.316. The number of amides is 2. The summed E-state index contributed by atoms with van der Waals surface area (Å²) in [7, 11) is 0. The van der Waals surface area contributed by atoms with Crippen LogP contribution in [0.2, 0.25) is 0 Å². The van der Waals surface area contributed by atoms with Gasteiger partial charge in [0.05, 0.1) is 6.04 Å². The van der Waals surface area contributed by atoms with Crippen LogP contribution in [0.15, 0.2) is 60.7 Å². The van der Waals surface area contributed by atoms with E-state index < -0.39 is 0 Å². The predicted octanol–water partition coefficient (Wildman–Crippen LogP) is 3.68. The van der Waals surface area contributed by atoms with Gasteiger partial charge in [0, 0.05) is 6.54 Å². The zero-order chi connectivity index (χ0) is 15.2. The monoisotopic (exact) mass is 294 g/mol. The molecule has 0 aromatic heterocycles. The molecule has 1 fully saturated rings. The summed E-state index contributed by atoms with van der Waals surface area (Å²) in [5, 5.41) is 6.10. The Balaban J connectivity index is 1.66. The normalized spacial score (nSPS) is 15.1. The van der Waals surface area contributed by atoms with Crippen molar-refractivity contribution in [3.05, 3.63) is 71.8 Å². The van der Waals surface area contributed by atoms with Crippen LogP contribution in [0.25, 0.3) is 0 Å². The SMILES string of the molecule is O=C(NCC1CC1)N[C@H](Cc1ccccc1)c1ccccc1. The van der Waals surface area contributed by atoms with Crippen LogP contribution < -0.4 is 10.6 Å². The maximum Gasteiger partial charge on any atom is 0.315 e. The van der Waals surface area contributed by atoms with Gasteiger partial charge in [0.1, 0.15) is 0 Å². The predicted molar refractivity (Wildman–Crippen MR) is 88.6 cm³/mol. The number of carbonyl (C=O) groups excluding carboxylic acids is 1. The average Bonchev–Trinajstić information content (AvgIpc) is 3.38. The van der Waals surface area contributed by atoms with Crippen LogP contribution in [0.5, 0.6) is 0 Å². The molecule has 1 aliphatic carbocycles. The first-order chi connectivity index (χ1) is 10.8. The summed E-state index contributed by atoms with van der Waals surface area (Å²) in [6.07, 6.45) is 3.28. The molecule has 0 radical (unpaired) electrons. The molecule has 22 heavy (non-hydrogen) atoms. The highest BCUT2D eigenvalue weighted by Crippen LogP contribution is 2.27. The lowest BCUT2D eigenvalue weighted by molar-refractivity contribution is 0.236. The number of benzene rings is 2. The van der Waals surface area contributed by atoms with Gasteiger partial charge in [-0.1, -0.05) is 60.7 Å². The fourth-order valence-electron chi connectivity index (χ4n) is 2.56. The maximum absolute atomic E-state index is 12.1. The first-order valence-corrected chi connectivity index (χ1v) is 7.94. The van der Waals surface area contributed by atoms with E-state index >= 15 is 0 Å². The quantitative estimate of drug-likeness (QED) is 0.838. The van der Waals surface area contributed by atoms with E-state index in [9.17, 15) is 4.79 Å². The number of nitrogens with one attached hydrogen (secondary N) is 2. The van der Waals surface area contributed by atoms with Crippen LogP contribution in [-0.2, 0) is 6.42 Å². The second-order valence-corrected chi connectivity index (χ2v) is 5.95. The summed E-state index contributed by atoms with van der Waals surface area (Å²) >= 11 is 0. The summed E-state index contributed by atoms with van der Waals surface area (Å²) in [6, 6.07) is 20.3. The minimum Gasteiger partial charge on any atom is -0.338 e. The van der Waals surface area contributed by atoms with E-state index in [0.29, 0.717) is 5.92 Å². The molecule has 1 aliphatic rings. The number of hydrogen-bond acceptors (Lipinski definition) is 1. The largest absolute Gasteiger partial charge is 0.338 e. The molecule has 3 heteroatoms. The molecule has 2 aromatic rings. The summed E-state index contributed by atoms with van der Waals surface area (Å²) in [5.74, 6) is 0.690. The van der Waals surface area contributed by atoms with E-state index in [1.165, 1.54) is 18.4 Å². The van der Waals surface area contributed by atoms with Crippen molar-refractivity contribution in [2.24, 2.45) is 5.92 Å². The number of rotatable bonds is 6. The highest BCUT2D eigenvalue weighted by Gasteiger charge is 2.22. The third-order valence-electron chi connectivity index (χ3n) is 4.04. The highest BCUT2D eigenvalue weighted by molar-refractivity contribution is 5.74. The number of hydrogen-bond donors (Lipinski definition) is 2. The van der Waals surface area contributed by atoms with Crippen molar-refractivity contribution in [3.8, 4) is 0 Å². The summed E-state index contributed by atoms with van der Waals surface area (Å²) in [6.45, 7) is 0.790. The van der Waals surface area contributed by atoms with Gasteiger partial charge >= 0.3 is 6.03 Å². The molecule has 0 unspecified atom stereocenters. The van der Waals surface area contributed by atoms with Crippen molar-refractivity contribution in [2.75, 3.05) is 6.54 Å². The highest BCUT2D eigenvalue weighted by atomic mass is 16.2. The molecule has 1 saturated carbocycles. The van der Waals surface area contributed by atoms with E-state index in [1.54, 1.807) is 0 Å². The zero-order valence-corrected chi connectivity index (χ0v) is 12.7. The molecule has 0 heterocycles. The number of carbonyl (C=O) groups is 1. The van der Waals surface area contributed by atoms with E-state index in [1.807, 2.05) is 36.4 Å². The van der Waals surface area contributed by atoms with Crippen molar-refractivity contribution < 1.29 is 4.79 Å². The smallest absolute Gasteiger partial charge is 0.315 e. The molecule has 0 bridgehead atoms. The van der Waals surface area contributed by atoms with Gasteiger partial charge in [0.15, 0.2) is 0 Å². The van der Waals surface area contributed by atoms with E-state index in [0.717, 1.165) is 18.5 Å². The molecule has 0 aliphatic heterocycles. The van der Waals surface area contributed by atoms with Crippen molar-refractivity contribution in [3.63, 3.8) is 0 Å². The van der Waals surface area contributed by atoms with Crippen LogP contribution in [0, 0.1) is 5.92 Å². The first kappa shape index (κ1) is 14.6. The fourth-order valence-corrected chi connectivity index (χ4v) is 2.56. The van der Waals surface area contributed by atoms with Crippen molar-refractivity contribution >= 4 is 6.03 Å². The Hall–Kier alpha value is -2.29. The second kappa shape index (κ2) is 7.12. The molecule has 2 amide bonds. The Morgan fingerprint density at radius 2 is 1.64 bits per heavy atom. The van der Waals surface area contributed by atoms with Crippen LogP contribution in [0.4, 0.5) is 4.79 Å². The average molecular weight is 294 g/mol. The Kier molecular flexibility index (Phi) is 4.74. The Morgan fingerprint density at radius 3 is 2.27 bits per heavy atom. The van der Waals surface area contributed by atoms with Crippen LogP contribution in [0.1, 0.15) is 30.0 Å². The number of urea groups is 1. The van der Waals surface area contributed by atoms with Crippen LogP contribution >= 0.6 is 0 Å². The molecule has 114 valence electrons. The summed E-state index contributed by atoms with van der Waals surface area (Å²) in [5.41, 5.74) is 2.35. The molecule has 0 saturated heterocycles. The summed E-state index contributed by atoms with van der Waals surface area (Å²) < 4.78 is 0. The van der Waals surface area contributed by atoms with Crippen LogP contribution in [-0.4, -0.2) is 12.6 Å². The van der Waals surface area contributed by atoms with Gasteiger partial charge in [-0.2, -0.15) is 0 Å². The molecule has 1 atom stereocenters. The molecule has 0 spiro atoms. The molecule has 2 N–H and O–H groups in total. The lowest BCUT2D eigenvalue weighted by Gasteiger charge is -2.20. The maximum atomic E-state index is 12.1. The molecule has 3 nitrogen and oxygen atoms in total. The molecular weight excluding hydrogens is 272 g/mol. The van der Waals surface area contributed by atoms with Gasteiger partial charge in [-0.15, -0.1) is 0 Å². The van der Waals surface area contributed by atoms with Gasteiger partial charge in [-0.25, -0.2) is 4.79 Å². The third-order valence-corrected chi connectivity index (χ3v) is 4.04.